The first kappa shape index (κ1) is 13.6. The monoisotopic (exact) mass is 266 g/mol. The van der Waals surface area contributed by atoms with Crippen molar-refractivity contribution in [2.24, 2.45) is 0 Å². The number of ether oxygens (including phenoxy) is 2. The van der Waals surface area contributed by atoms with Crippen LogP contribution in [0.3, 0.4) is 0 Å². The lowest BCUT2D eigenvalue weighted by molar-refractivity contribution is -0.385. The van der Waals surface area contributed by atoms with Gasteiger partial charge in [0.1, 0.15) is 5.69 Å². The molecule has 2 rings (SSSR count). The predicted octanol–water partition coefficient (Wildman–Crippen LogP) is 2.58. The zero-order valence-electron chi connectivity index (χ0n) is 11.1. The number of hydrogen-bond donors (Lipinski definition) is 1. The van der Waals surface area contributed by atoms with E-state index in [0.717, 1.165) is 6.42 Å². The number of nitro groups is 1. The molecule has 0 bridgehead atoms. The molecule has 1 fully saturated rings. The minimum Gasteiger partial charge on any atom is -0.487 e. The number of para-hydroxylation sites is 1. The van der Waals surface area contributed by atoms with Crippen molar-refractivity contribution in [1.29, 1.82) is 0 Å². The predicted molar refractivity (Wildman–Crippen MR) is 71.7 cm³/mol. The Morgan fingerprint density at radius 3 is 2.95 bits per heavy atom. The summed E-state index contributed by atoms with van der Waals surface area (Å²) in [6.07, 6.45) is 0.896. The minimum atomic E-state index is -0.409. The van der Waals surface area contributed by atoms with Crippen LogP contribution in [-0.4, -0.2) is 30.3 Å². The lowest BCUT2D eigenvalue weighted by atomic mass is 10.1. The lowest BCUT2D eigenvalue weighted by Crippen LogP contribution is -2.27. The molecule has 1 aromatic rings. The third-order valence-electron chi connectivity index (χ3n) is 3.20. The molecule has 1 heterocycles. The number of anilines is 1. The largest absolute Gasteiger partial charge is 0.487 e. The van der Waals surface area contributed by atoms with Crippen molar-refractivity contribution in [2.75, 3.05) is 18.5 Å². The van der Waals surface area contributed by atoms with Crippen LogP contribution in [0.2, 0.25) is 0 Å². The molecule has 2 atom stereocenters. The van der Waals surface area contributed by atoms with Crippen molar-refractivity contribution in [3.8, 4) is 5.75 Å². The SMILES string of the molecule is CCOc1cccc(N[C@H]2CCO[C@@H]2C)c1[N+](=O)[O-]. The first-order chi connectivity index (χ1) is 9.13. The van der Waals surface area contributed by atoms with Gasteiger partial charge < -0.3 is 14.8 Å². The van der Waals surface area contributed by atoms with Gasteiger partial charge in [0.15, 0.2) is 5.75 Å². The summed E-state index contributed by atoms with van der Waals surface area (Å²) in [4.78, 5) is 10.8. The average Bonchev–Trinajstić information content (AvgIpc) is 2.75. The molecule has 1 aliphatic rings. The fraction of sp³-hybridized carbons (Fsp3) is 0.538. The van der Waals surface area contributed by atoms with E-state index in [1.807, 2.05) is 6.92 Å². The Bertz CT molecular complexity index is 464. The van der Waals surface area contributed by atoms with E-state index >= 15 is 0 Å². The van der Waals surface area contributed by atoms with Crippen LogP contribution in [0.4, 0.5) is 11.4 Å². The van der Waals surface area contributed by atoms with Gasteiger partial charge in [-0.3, -0.25) is 10.1 Å². The van der Waals surface area contributed by atoms with Crippen molar-refractivity contribution in [1.82, 2.24) is 0 Å². The summed E-state index contributed by atoms with van der Waals surface area (Å²) < 4.78 is 10.8. The van der Waals surface area contributed by atoms with Crippen molar-refractivity contribution in [2.45, 2.75) is 32.4 Å². The van der Waals surface area contributed by atoms with Crippen molar-refractivity contribution in [3.63, 3.8) is 0 Å². The maximum atomic E-state index is 11.2. The molecule has 0 unspecified atom stereocenters. The molecule has 104 valence electrons. The zero-order valence-corrected chi connectivity index (χ0v) is 11.1. The summed E-state index contributed by atoms with van der Waals surface area (Å²) in [7, 11) is 0. The second kappa shape index (κ2) is 5.88. The van der Waals surface area contributed by atoms with E-state index in [1.54, 1.807) is 25.1 Å². The summed E-state index contributed by atoms with van der Waals surface area (Å²) in [6.45, 7) is 4.84. The van der Waals surface area contributed by atoms with Crippen LogP contribution < -0.4 is 10.1 Å². The standard InChI is InChI=1S/C13H18N2O4/c1-3-18-12-6-4-5-11(13(12)15(16)17)14-10-7-8-19-9(10)2/h4-6,9-10,14H,3,7-8H2,1-2H3/t9-,10+/m1/s1. The highest BCUT2D eigenvalue weighted by molar-refractivity contribution is 5.68. The van der Waals surface area contributed by atoms with Crippen LogP contribution in [0.25, 0.3) is 0 Å². The van der Waals surface area contributed by atoms with Crippen molar-refractivity contribution >= 4 is 11.4 Å². The number of nitrogens with one attached hydrogen (secondary N) is 1. The molecule has 19 heavy (non-hydrogen) atoms. The average molecular weight is 266 g/mol. The highest BCUT2D eigenvalue weighted by Gasteiger charge is 2.28. The van der Waals surface area contributed by atoms with Gasteiger partial charge in [0.25, 0.3) is 0 Å². The molecular weight excluding hydrogens is 248 g/mol. The summed E-state index contributed by atoms with van der Waals surface area (Å²) in [6, 6.07) is 5.16. The maximum absolute atomic E-state index is 11.2. The number of benzene rings is 1. The minimum absolute atomic E-state index is 0.0107. The van der Waals surface area contributed by atoms with E-state index in [2.05, 4.69) is 5.32 Å². The summed E-state index contributed by atoms with van der Waals surface area (Å²) in [5.41, 5.74) is 0.474. The second-order valence-corrected chi connectivity index (χ2v) is 4.46. The second-order valence-electron chi connectivity index (χ2n) is 4.46. The molecule has 1 aromatic carbocycles. The number of nitro benzene ring substituents is 1. The topological polar surface area (TPSA) is 73.6 Å². The molecule has 0 aliphatic carbocycles. The molecule has 0 saturated carbocycles. The molecule has 0 radical (unpaired) electrons. The normalized spacial score (nSPS) is 22.2. The van der Waals surface area contributed by atoms with Gasteiger partial charge in [-0.2, -0.15) is 0 Å². The Morgan fingerprint density at radius 2 is 2.37 bits per heavy atom. The lowest BCUT2D eigenvalue weighted by Gasteiger charge is -2.18. The van der Waals surface area contributed by atoms with Crippen LogP contribution in [0.1, 0.15) is 20.3 Å². The Labute approximate surface area is 111 Å². The molecule has 0 amide bonds. The maximum Gasteiger partial charge on any atom is 0.333 e. The van der Waals surface area contributed by atoms with Crippen LogP contribution >= 0.6 is 0 Å². The zero-order chi connectivity index (χ0) is 13.8. The number of rotatable bonds is 5. The first-order valence-corrected chi connectivity index (χ1v) is 6.41. The van der Waals surface area contributed by atoms with Gasteiger partial charge >= 0.3 is 5.69 Å². The van der Waals surface area contributed by atoms with Crippen molar-refractivity contribution < 1.29 is 14.4 Å². The fourth-order valence-corrected chi connectivity index (χ4v) is 2.22. The quantitative estimate of drug-likeness (QED) is 0.655. The Kier molecular flexibility index (Phi) is 4.21. The van der Waals surface area contributed by atoms with Crippen LogP contribution in [0.15, 0.2) is 18.2 Å². The van der Waals surface area contributed by atoms with Gasteiger partial charge in [-0.1, -0.05) is 6.07 Å². The van der Waals surface area contributed by atoms with Crippen LogP contribution in [0.5, 0.6) is 5.75 Å². The number of hydrogen-bond acceptors (Lipinski definition) is 5. The van der Waals surface area contributed by atoms with Crippen LogP contribution in [-0.2, 0) is 4.74 Å². The van der Waals surface area contributed by atoms with E-state index in [9.17, 15) is 10.1 Å². The summed E-state index contributed by atoms with van der Waals surface area (Å²) in [5, 5.41) is 14.4. The Hall–Kier alpha value is -1.82. The van der Waals surface area contributed by atoms with E-state index in [1.165, 1.54) is 0 Å². The Balaban J connectivity index is 2.28. The van der Waals surface area contributed by atoms with Gasteiger partial charge in [0.05, 0.1) is 23.7 Å². The van der Waals surface area contributed by atoms with E-state index in [4.69, 9.17) is 9.47 Å². The summed E-state index contributed by atoms with van der Waals surface area (Å²) in [5.74, 6) is 0.295. The van der Waals surface area contributed by atoms with Gasteiger partial charge in [-0.25, -0.2) is 0 Å². The highest BCUT2D eigenvalue weighted by Crippen LogP contribution is 2.36. The molecule has 1 N–H and O–H groups in total. The smallest absolute Gasteiger partial charge is 0.333 e. The highest BCUT2D eigenvalue weighted by atomic mass is 16.6. The Morgan fingerprint density at radius 1 is 1.58 bits per heavy atom. The first-order valence-electron chi connectivity index (χ1n) is 6.41. The molecule has 1 aliphatic heterocycles. The molecule has 0 spiro atoms. The van der Waals surface area contributed by atoms with Gasteiger partial charge in [0, 0.05) is 6.61 Å². The number of nitrogens with zero attached hydrogens (tertiary/aromatic N) is 1. The molecule has 6 nitrogen and oxygen atoms in total. The molecule has 0 aromatic heterocycles. The third-order valence-corrected chi connectivity index (χ3v) is 3.20. The molecule has 1 saturated heterocycles. The van der Waals surface area contributed by atoms with Gasteiger partial charge in [-0.05, 0) is 32.4 Å². The molecule has 6 heteroatoms. The third kappa shape index (κ3) is 2.96. The summed E-state index contributed by atoms with van der Waals surface area (Å²) >= 11 is 0. The van der Waals surface area contributed by atoms with E-state index in [-0.39, 0.29) is 17.8 Å². The van der Waals surface area contributed by atoms with Gasteiger partial charge in [-0.15, -0.1) is 0 Å². The van der Waals surface area contributed by atoms with Crippen LogP contribution in [0, 0.1) is 10.1 Å². The van der Waals surface area contributed by atoms with Crippen molar-refractivity contribution in [3.05, 3.63) is 28.3 Å². The fourth-order valence-electron chi connectivity index (χ4n) is 2.22. The van der Waals surface area contributed by atoms with E-state index in [0.29, 0.717) is 24.7 Å². The van der Waals surface area contributed by atoms with Gasteiger partial charge in [0.2, 0.25) is 0 Å². The van der Waals surface area contributed by atoms with E-state index < -0.39 is 4.92 Å². The molecular formula is C13H18N2O4.